The average molecular weight is 387 g/mol. The Hall–Kier alpha value is -2.58. The highest BCUT2D eigenvalue weighted by Crippen LogP contribution is 2.25. The van der Waals surface area contributed by atoms with Gasteiger partial charge in [0.15, 0.2) is 11.5 Å². The molecule has 0 fully saturated rings. The number of hydrogen-bond acceptors (Lipinski definition) is 7. The number of pyridine rings is 1. The number of thioether (sulfide) groups is 1. The Bertz CT molecular complexity index is 894. The molecular weight excluding hydrogens is 366 g/mol. The van der Waals surface area contributed by atoms with Gasteiger partial charge in [0.2, 0.25) is 0 Å². The first-order valence-electron chi connectivity index (χ1n) is 8.53. The van der Waals surface area contributed by atoms with Crippen LogP contribution in [0.2, 0.25) is 0 Å². The van der Waals surface area contributed by atoms with Crippen LogP contribution in [0.25, 0.3) is 10.8 Å². The molecule has 142 valence electrons. The highest BCUT2D eigenvalue weighted by molar-refractivity contribution is 7.98. The maximum atomic E-state index is 12.2. The lowest BCUT2D eigenvalue weighted by molar-refractivity contribution is 0.0906. The highest BCUT2D eigenvalue weighted by Gasteiger charge is 2.17. The van der Waals surface area contributed by atoms with Crippen LogP contribution in [-0.2, 0) is 6.61 Å². The number of aliphatic hydroxyl groups is 1. The Morgan fingerprint density at radius 1 is 1.41 bits per heavy atom. The Morgan fingerprint density at radius 2 is 2.30 bits per heavy atom. The van der Waals surface area contributed by atoms with Crippen LogP contribution in [0.5, 0.6) is 5.75 Å². The highest BCUT2D eigenvalue weighted by atomic mass is 32.2. The van der Waals surface area contributed by atoms with Gasteiger partial charge in [0.1, 0.15) is 12.4 Å². The number of benzene rings is 1. The van der Waals surface area contributed by atoms with Crippen LogP contribution in [0.4, 0.5) is 0 Å². The Kier molecular flexibility index (Phi) is 6.67. The summed E-state index contributed by atoms with van der Waals surface area (Å²) in [4.78, 5) is 16.3. The summed E-state index contributed by atoms with van der Waals surface area (Å²) in [6, 6.07) is 8.84. The van der Waals surface area contributed by atoms with Gasteiger partial charge in [-0.25, -0.2) is 0 Å². The molecule has 0 unspecified atom stereocenters. The fourth-order valence-corrected chi connectivity index (χ4v) is 3.10. The van der Waals surface area contributed by atoms with Crippen molar-refractivity contribution in [2.45, 2.75) is 19.1 Å². The van der Waals surface area contributed by atoms with E-state index in [2.05, 4.69) is 15.5 Å². The molecule has 1 aromatic carbocycles. The van der Waals surface area contributed by atoms with E-state index in [0.717, 1.165) is 16.5 Å². The van der Waals surface area contributed by atoms with Crippen LogP contribution in [0.15, 0.2) is 47.2 Å². The molecule has 8 heteroatoms. The molecule has 0 aliphatic carbocycles. The van der Waals surface area contributed by atoms with Crippen molar-refractivity contribution in [2.24, 2.45) is 0 Å². The van der Waals surface area contributed by atoms with Crippen molar-refractivity contribution in [2.75, 3.05) is 18.6 Å². The van der Waals surface area contributed by atoms with Gasteiger partial charge in [0.25, 0.3) is 5.91 Å². The molecule has 0 saturated heterocycles. The van der Waals surface area contributed by atoms with Crippen molar-refractivity contribution in [3.05, 3.63) is 54.2 Å². The second-order valence-corrected chi connectivity index (χ2v) is 6.94. The minimum atomic E-state index is -0.374. The largest absolute Gasteiger partial charge is 0.485 e. The van der Waals surface area contributed by atoms with E-state index < -0.39 is 0 Å². The van der Waals surface area contributed by atoms with E-state index in [0.29, 0.717) is 17.9 Å². The van der Waals surface area contributed by atoms with E-state index in [1.165, 1.54) is 0 Å². The molecule has 3 aromatic rings. The fourth-order valence-electron chi connectivity index (χ4n) is 2.58. The summed E-state index contributed by atoms with van der Waals surface area (Å²) in [7, 11) is 0. The standard InChI is InChI=1S/C19H21N3O4S/c1-27-8-6-14(11-23)21-19(24)17-9-15(26-22-17)12-25-18-4-2-3-13-10-20-7-5-16(13)18/h2-5,7,9-10,14,23H,6,8,11-12H2,1H3,(H,21,24)/t14-/m0/s1. The number of carbonyl (C=O) groups is 1. The SMILES string of the molecule is CSCC[C@@H](CO)NC(=O)c1cc(COc2cccc3cnccc23)on1. The predicted octanol–water partition coefficient (Wildman–Crippen LogP) is 2.65. The normalized spacial score (nSPS) is 12.1. The molecule has 2 N–H and O–H groups in total. The molecule has 0 aliphatic rings. The summed E-state index contributed by atoms with van der Waals surface area (Å²) >= 11 is 1.66. The van der Waals surface area contributed by atoms with Crippen molar-refractivity contribution in [1.29, 1.82) is 0 Å². The molecule has 0 radical (unpaired) electrons. The topological polar surface area (TPSA) is 97.5 Å². The van der Waals surface area contributed by atoms with Crippen molar-refractivity contribution in [3.8, 4) is 5.75 Å². The Labute approximate surface area is 161 Å². The average Bonchev–Trinajstić information content (AvgIpc) is 3.18. The second-order valence-electron chi connectivity index (χ2n) is 5.95. The molecule has 2 heterocycles. The number of nitrogens with zero attached hydrogens (tertiary/aromatic N) is 2. The predicted molar refractivity (Wildman–Crippen MR) is 104 cm³/mol. The van der Waals surface area contributed by atoms with Crippen LogP contribution in [0, 0.1) is 0 Å². The Morgan fingerprint density at radius 3 is 3.11 bits per heavy atom. The molecular formula is C19H21N3O4S. The molecule has 3 rings (SSSR count). The monoisotopic (exact) mass is 387 g/mol. The van der Waals surface area contributed by atoms with Gasteiger partial charge >= 0.3 is 0 Å². The first-order chi connectivity index (χ1) is 13.2. The zero-order chi connectivity index (χ0) is 19.1. The Balaban J connectivity index is 1.61. The minimum Gasteiger partial charge on any atom is -0.485 e. The number of aliphatic hydroxyl groups excluding tert-OH is 1. The van der Waals surface area contributed by atoms with Gasteiger partial charge in [0.05, 0.1) is 12.6 Å². The van der Waals surface area contributed by atoms with Crippen LogP contribution in [0.1, 0.15) is 22.7 Å². The van der Waals surface area contributed by atoms with Gasteiger partial charge in [-0.05, 0) is 30.6 Å². The third-order valence-electron chi connectivity index (χ3n) is 4.03. The van der Waals surface area contributed by atoms with Gasteiger partial charge in [-0.3, -0.25) is 9.78 Å². The lowest BCUT2D eigenvalue weighted by Crippen LogP contribution is -2.38. The number of carbonyl (C=O) groups excluding carboxylic acids is 1. The third-order valence-corrected chi connectivity index (χ3v) is 4.67. The van der Waals surface area contributed by atoms with Crippen molar-refractivity contribution >= 4 is 28.4 Å². The van der Waals surface area contributed by atoms with Crippen LogP contribution < -0.4 is 10.1 Å². The first-order valence-corrected chi connectivity index (χ1v) is 9.92. The maximum absolute atomic E-state index is 12.2. The zero-order valence-electron chi connectivity index (χ0n) is 14.9. The van der Waals surface area contributed by atoms with Crippen molar-refractivity contribution in [3.63, 3.8) is 0 Å². The number of aromatic nitrogens is 2. The van der Waals surface area contributed by atoms with E-state index in [9.17, 15) is 9.90 Å². The number of fused-ring (bicyclic) bond motifs is 1. The van der Waals surface area contributed by atoms with Crippen LogP contribution in [-0.4, -0.2) is 45.8 Å². The van der Waals surface area contributed by atoms with E-state index in [-0.39, 0.29) is 30.9 Å². The molecule has 0 aliphatic heterocycles. The quantitative estimate of drug-likeness (QED) is 0.582. The fraction of sp³-hybridized carbons (Fsp3) is 0.316. The van der Waals surface area contributed by atoms with Gasteiger partial charge in [-0.15, -0.1) is 0 Å². The summed E-state index contributed by atoms with van der Waals surface area (Å²) in [5, 5.41) is 17.8. The minimum absolute atomic E-state index is 0.115. The molecule has 0 spiro atoms. The second kappa shape index (κ2) is 9.38. The smallest absolute Gasteiger partial charge is 0.273 e. The number of ether oxygens (including phenoxy) is 1. The molecule has 1 amide bonds. The van der Waals surface area contributed by atoms with Gasteiger partial charge in [-0.2, -0.15) is 11.8 Å². The summed E-state index contributed by atoms with van der Waals surface area (Å²) in [5.74, 6) is 1.62. The van der Waals surface area contributed by atoms with Crippen molar-refractivity contribution < 1.29 is 19.2 Å². The zero-order valence-corrected chi connectivity index (χ0v) is 15.7. The number of rotatable bonds is 9. The lowest BCUT2D eigenvalue weighted by atomic mass is 10.1. The van der Waals surface area contributed by atoms with Crippen LogP contribution >= 0.6 is 11.8 Å². The van der Waals surface area contributed by atoms with E-state index in [1.54, 1.807) is 30.2 Å². The summed E-state index contributed by atoms with van der Waals surface area (Å²) in [6.07, 6.45) is 6.15. The van der Waals surface area contributed by atoms with Crippen LogP contribution in [0.3, 0.4) is 0 Å². The molecule has 0 bridgehead atoms. The first kappa shape index (κ1) is 19.2. The number of amides is 1. The van der Waals surface area contributed by atoms with E-state index in [4.69, 9.17) is 9.26 Å². The maximum Gasteiger partial charge on any atom is 0.273 e. The van der Waals surface area contributed by atoms with Crippen molar-refractivity contribution in [1.82, 2.24) is 15.5 Å². The molecule has 1 atom stereocenters. The van der Waals surface area contributed by atoms with E-state index in [1.807, 2.05) is 30.5 Å². The summed E-state index contributed by atoms with van der Waals surface area (Å²) < 4.78 is 11.0. The van der Waals surface area contributed by atoms with Gasteiger partial charge < -0.3 is 19.7 Å². The molecule has 2 aromatic heterocycles. The van der Waals surface area contributed by atoms with Gasteiger partial charge in [0, 0.05) is 29.2 Å². The molecule has 0 saturated carbocycles. The summed E-state index contributed by atoms with van der Waals surface area (Å²) in [6.45, 7) is 0.0354. The lowest BCUT2D eigenvalue weighted by Gasteiger charge is -2.14. The molecule has 7 nitrogen and oxygen atoms in total. The van der Waals surface area contributed by atoms with E-state index >= 15 is 0 Å². The molecule has 27 heavy (non-hydrogen) atoms. The third kappa shape index (κ3) is 4.99. The van der Waals surface area contributed by atoms with Gasteiger partial charge in [-0.1, -0.05) is 17.3 Å². The number of nitrogens with one attached hydrogen (secondary N) is 1. The summed E-state index contributed by atoms with van der Waals surface area (Å²) in [5.41, 5.74) is 0.165. The number of hydrogen-bond donors (Lipinski definition) is 2.